The molecule has 0 spiro atoms. The number of nitrogens with zero attached hydrogens (tertiary/aromatic N) is 1. The molecular weight excluding hydrogens is 686 g/mol. The third-order valence-electron chi connectivity index (χ3n) is 12.2. The van der Waals surface area contributed by atoms with Gasteiger partial charge in [0.1, 0.15) is 6.54 Å². The molecular formula is C38H62F5NO4Si2. The molecule has 0 bridgehead atoms. The molecule has 2 saturated carbocycles. The maximum atomic E-state index is 14.5. The molecule has 286 valence electrons. The van der Waals surface area contributed by atoms with Crippen LogP contribution in [0, 0.1) is 11.3 Å². The summed E-state index contributed by atoms with van der Waals surface area (Å²) in [5, 5.41) is -0.466. The Morgan fingerprint density at radius 2 is 1.60 bits per heavy atom. The van der Waals surface area contributed by atoms with Crippen molar-refractivity contribution in [1.29, 1.82) is 0 Å². The standard InChI is InChI=1S/C38H62F5NO4Si2/c1-15-30-20-21-31-28(17-16-22-35(30,31)10)18-19-29-23-36(48-50(13,14)34(7,8)9,24-32(26(29)2)46-49(11,12)33(4,5)6)47-44(27(3)45)25-37(39,40)38(41,42)43/h18-20,31-32H,2,15-17,21-25H2,1,3-14H3/t31?,32-,35+,36?/m0/s1. The summed E-state index contributed by atoms with van der Waals surface area (Å²) in [5.41, 5.74) is 4.29. The molecule has 4 atom stereocenters. The fraction of sp³-hybridized carbons (Fsp3) is 0.763. The smallest absolute Gasteiger partial charge is 0.410 e. The van der Waals surface area contributed by atoms with Crippen molar-refractivity contribution < 1.29 is 40.4 Å². The van der Waals surface area contributed by atoms with E-state index in [0.29, 0.717) is 17.1 Å². The van der Waals surface area contributed by atoms with Crippen molar-refractivity contribution >= 4 is 22.5 Å². The Morgan fingerprint density at radius 1 is 1.02 bits per heavy atom. The van der Waals surface area contributed by atoms with E-state index >= 15 is 0 Å². The fourth-order valence-corrected chi connectivity index (χ4v) is 9.74. The molecule has 0 aromatic carbocycles. The fourth-order valence-electron chi connectivity index (χ4n) is 7.02. The number of amides is 1. The lowest BCUT2D eigenvalue weighted by molar-refractivity contribution is -0.351. The summed E-state index contributed by atoms with van der Waals surface area (Å²) in [4.78, 5) is 19.0. The Labute approximate surface area is 300 Å². The summed E-state index contributed by atoms with van der Waals surface area (Å²) >= 11 is 0. The zero-order chi connectivity index (χ0) is 38.5. The topological polar surface area (TPSA) is 48.0 Å². The Bertz CT molecular complexity index is 1390. The van der Waals surface area contributed by atoms with Crippen LogP contribution >= 0.6 is 0 Å². The number of hydrogen-bond donors (Lipinski definition) is 0. The molecule has 3 rings (SSSR count). The summed E-state index contributed by atoms with van der Waals surface area (Å²) in [6.45, 7) is 28.3. The van der Waals surface area contributed by atoms with Crippen molar-refractivity contribution in [2.75, 3.05) is 6.54 Å². The van der Waals surface area contributed by atoms with Crippen molar-refractivity contribution in [2.24, 2.45) is 11.3 Å². The lowest BCUT2D eigenvalue weighted by Crippen LogP contribution is -2.59. The van der Waals surface area contributed by atoms with Gasteiger partial charge in [-0.25, -0.2) is 9.90 Å². The Balaban J connectivity index is 2.22. The number of hydroxylamine groups is 2. The van der Waals surface area contributed by atoms with E-state index in [0.717, 1.165) is 39.0 Å². The highest BCUT2D eigenvalue weighted by atomic mass is 28.4. The summed E-state index contributed by atoms with van der Waals surface area (Å²) in [6.07, 6.45) is 4.97. The summed E-state index contributed by atoms with van der Waals surface area (Å²) < 4.78 is 83.4. The van der Waals surface area contributed by atoms with Crippen molar-refractivity contribution in [3.05, 3.63) is 47.1 Å². The van der Waals surface area contributed by atoms with Gasteiger partial charge < -0.3 is 8.85 Å². The second kappa shape index (κ2) is 14.3. The maximum Gasteiger partial charge on any atom is 0.455 e. The lowest BCUT2D eigenvalue weighted by Gasteiger charge is -2.51. The van der Waals surface area contributed by atoms with Crippen LogP contribution in [-0.2, 0) is 18.5 Å². The van der Waals surface area contributed by atoms with Gasteiger partial charge in [0.25, 0.3) is 0 Å². The van der Waals surface area contributed by atoms with E-state index in [2.05, 4.69) is 66.4 Å². The Kier molecular flexibility index (Phi) is 12.3. The van der Waals surface area contributed by atoms with E-state index < -0.39 is 58.1 Å². The van der Waals surface area contributed by atoms with Gasteiger partial charge >= 0.3 is 12.1 Å². The number of alkyl halides is 5. The van der Waals surface area contributed by atoms with Crippen LogP contribution in [-0.4, -0.2) is 58.1 Å². The zero-order valence-corrected chi connectivity index (χ0v) is 34.7. The van der Waals surface area contributed by atoms with Gasteiger partial charge in [-0.3, -0.25) is 4.79 Å². The average Bonchev–Trinajstić information content (AvgIpc) is 3.28. The molecule has 0 aromatic rings. The van der Waals surface area contributed by atoms with Gasteiger partial charge in [-0.1, -0.05) is 91.3 Å². The highest BCUT2D eigenvalue weighted by Crippen LogP contribution is 2.56. The van der Waals surface area contributed by atoms with Crippen molar-refractivity contribution in [3.8, 4) is 0 Å². The maximum absolute atomic E-state index is 14.5. The first-order valence-corrected chi connectivity index (χ1v) is 23.8. The van der Waals surface area contributed by atoms with Crippen LogP contribution in [0.4, 0.5) is 22.0 Å². The molecule has 0 N–H and O–H groups in total. The van der Waals surface area contributed by atoms with Crippen molar-refractivity contribution in [2.45, 2.75) is 168 Å². The Morgan fingerprint density at radius 3 is 2.10 bits per heavy atom. The third-order valence-corrected chi connectivity index (χ3v) is 21.2. The average molecular weight is 748 g/mol. The molecule has 1 amide bonds. The molecule has 3 aliphatic rings. The number of hydrogen-bond acceptors (Lipinski definition) is 4. The summed E-state index contributed by atoms with van der Waals surface area (Å²) in [6, 6.07) is 0. The number of fused-ring (bicyclic) bond motifs is 1. The van der Waals surface area contributed by atoms with E-state index in [1.807, 2.05) is 39.9 Å². The number of allylic oxidation sites excluding steroid dienone is 5. The van der Waals surface area contributed by atoms with Crippen LogP contribution < -0.4 is 0 Å². The predicted octanol–water partition coefficient (Wildman–Crippen LogP) is 11.8. The second-order valence-electron chi connectivity index (χ2n) is 18.0. The zero-order valence-electron chi connectivity index (χ0n) is 32.7. The van der Waals surface area contributed by atoms with Crippen molar-refractivity contribution in [3.63, 3.8) is 0 Å². The summed E-state index contributed by atoms with van der Waals surface area (Å²) in [5.74, 6) is -7.73. The quantitative estimate of drug-likeness (QED) is 0.0734. The van der Waals surface area contributed by atoms with Crippen LogP contribution in [0.15, 0.2) is 47.1 Å². The molecule has 50 heavy (non-hydrogen) atoms. The van der Waals surface area contributed by atoms with Crippen LogP contribution in [0.5, 0.6) is 0 Å². The first kappa shape index (κ1) is 42.8. The molecule has 5 nitrogen and oxygen atoms in total. The largest absolute Gasteiger partial charge is 0.455 e. The summed E-state index contributed by atoms with van der Waals surface area (Å²) in [7, 11) is -5.33. The van der Waals surface area contributed by atoms with E-state index in [1.165, 1.54) is 11.1 Å². The van der Waals surface area contributed by atoms with Crippen LogP contribution in [0.3, 0.4) is 0 Å². The molecule has 12 heteroatoms. The second-order valence-corrected chi connectivity index (χ2v) is 27.5. The third kappa shape index (κ3) is 8.94. The van der Waals surface area contributed by atoms with Crippen LogP contribution in [0.2, 0.25) is 36.3 Å². The normalized spacial score (nSPS) is 29.0. The van der Waals surface area contributed by atoms with E-state index in [-0.39, 0.29) is 28.4 Å². The van der Waals surface area contributed by atoms with Gasteiger partial charge in [-0.2, -0.15) is 22.0 Å². The lowest BCUT2D eigenvalue weighted by atomic mass is 9.64. The molecule has 0 aliphatic heterocycles. The Hall–Kier alpha value is -1.61. The van der Waals surface area contributed by atoms with Crippen LogP contribution in [0.1, 0.15) is 107 Å². The van der Waals surface area contributed by atoms with Gasteiger partial charge in [0.05, 0.1) is 6.10 Å². The minimum atomic E-state index is -5.88. The monoisotopic (exact) mass is 747 g/mol. The molecule has 2 unspecified atom stereocenters. The van der Waals surface area contributed by atoms with Crippen LogP contribution in [0.25, 0.3) is 0 Å². The van der Waals surface area contributed by atoms with Gasteiger partial charge in [-0.05, 0) is 90.8 Å². The molecule has 0 heterocycles. The SMILES string of the molecule is C=C1C(=CC=C2CCC[C@]3(C)C(CC)=CCC23)CC(ON(CC(F)(F)C(F)(F)F)C(C)=O)(O[Si](C)(C)C(C)(C)C)C[C@@H]1O[Si](C)(C)C(C)(C)C. The van der Waals surface area contributed by atoms with E-state index in [9.17, 15) is 26.7 Å². The van der Waals surface area contributed by atoms with Gasteiger partial charge in [0, 0.05) is 19.8 Å². The molecule has 0 radical (unpaired) electrons. The van der Waals surface area contributed by atoms with E-state index in [4.69, 9.17) is 13.7 Å². The molecule has 0 aromatic heterocycles. The minimum Gasteiger partial charge on any atom is -0.410 e. The van der Waals surface area contributed by atoms with E-state index in [1.54, 1.807) is 0 Å². The molecule has 0 saturated heterocycles. The number of carbonyl (C=O) groups excluding carboxylic acids is 1. The van der Waals surface area contributed by atoms with Gasteiger partial charge in [-0.15, -0.1) is 0 Å². The highest BCUT2D eigenvalue weighted by Gasteiger charge is 2.60. The van der Waals surface area contributed by atoms with Gasteiger partial charge in [0.15, 0.2) is 22.4 Å². The highest BCUT2D eigenvalue weighted by molar-refractivity contribution is 6.74. The number of halogens is 5. The number of carbonyl (C=O) groups is 1. The minimum absolute atomic E-state index is 0.0126. The predicted molar refractivity (Wildman–Crippen MR) is 196 cm³/mol. The molecule has 2 fully saturated rings. The number of rotatable bonds is 10. The van der Waals surface area contributed by atoms with Crippen molar-refractivity contribution in [1.82, 2.24) is 5.06 Å². The molecule has 3 aliphatic carbocycles. The first-order valence-electron chi connectivity index (χ1n) is 18.0. The first-order chi connectivity index (χ1) is 22.4. The van der Waals surface area contributed by atoms with Gasteiger partial charge in [0.2, 0.25) is 5.91 Å².